The summed E-state index contributed by atoms with van der Waals surface area (Å²) in [5.74, 6) is -0.285. The van der Waals surface area contributed by atoms with Crippen LogP contribution in [0.1, 0.15) is 21.5 Å². The van der Waals surface area contributed by atoms with Gasteiger partial charge >= 0.3 is 5.97 Å². The van der Waals surface area contributed by atoms with Crippen LogP contribution in [0.25, 0.3) is 12.2 Å². The highest BCUT2D eigenvalue weighted by Crippen LogP contribution is 2.31. The molecular formula is C22H14Cl2N2O7. The van der Waals surface area contributed by atoms with Crippen LogP contribution in [0.2, 0.25) is 10.0 Å². The van der Waals surface area contributed by atoms with E-state index in [1.54, 1.807) is 18.2 Å². The monoisotopic (exact) mass is 488 g/mol. The molecule has 0 heterocycles. The summed E-state index contributed by atoms with van der Waals surface area (Å²) in [5, 5.41) is 22.7. The van der Waals surface area contributed by atoms with Crippen LogP contribution in [0.15, 0.2) is 54.6 Å². The highest BCUT2D eigenvalue weighted by atomic mass is 35.5. The number of ether oxygens (including phenoxy) is 2. The van der Waals surface area contributed by atoms with Gasteiger partial charge in [-0.25, -0.2) is 4.79 Å². The summed E-state index contributed by atoms with van der Waals surface area (Å²) in [6, 6.07) is 12.4. The van der Waals surface area contributed by atoms with Gasteiger partial charge in [0, 0.05) is 6.07 Å². The smallest absolute Gasteiger partial charge is 0.343 e. The zero-order chi connectivity index (χ0) is 24.1. The fourth-order valence-electron chi connectivity index (χ4n) is 2.78. The third-order valence-electron chi connectivity index (χ3n) is 4.42. The number of methoxy groups -OCH3 is 1. The molecule has 0 bridgehead atoms. The molecule has 0 spiro atoms. The number of benzene rings is 3. The summed E-state index contributed by atoms with van der Waals surface area (Å²) < 4.78 is 10.7. The Hall–Kier alpha value is -3.95. The first kappa shape index (κ1) is 23.7. The summed E-state index contributed by atoms with van der Waals surface area (Å²) in [6.07, 6.45) is 3.00. The highest BCUT2D eigenvalue weighted by Gasteiger charge is 2.18. The maximum Gasteiger partial charge on any atom is 0.343 e. The van der Waals surface area contributed by atoms with E-state index in [1.807, 2.05) is 0 Å². The molecule has 0 fully saturated rings. The average molecular weight is 489 g/mol. The van der Waals surface area contributed by atoms with Crippen molar-refractivity contribution in [3.63, 3.8) is 0 Å². The molecule has 9 nitrogen and oxygen atoms in total. The van der Waals surface area contributed by atoms with Gasteiger partial charge in [-0.05, 0) is 48.0 Å². The molecule has 0 unspecified atom stereocenters. The summed E-state index contributed by atoms with van der Waals surface area (Å²) in [4.78, 5) is 33.2. The number of carbonyl (C=O) groups excluding carboxylic acids is 1. The molecule has 0 saturated carbocycles. The van der Waals surface area contributed by atoms with Gasteiger partial charge in [0.25, 0.3) is 11.4 Å². The number of carbonyl (C=O) groups is 1. The van der Waals surface area contributed by atoms with Gasteiger partial charge in [0.2, 0.25) is 0 Å². The number of nitrogens with zero attached hydrogens (tertiary/aromatic N) is 2. The molecule has 3 aromatic rings. The molecule has 0 N–H and O–H groups in total. The first-order valence-corrected chi connectivity index (χ1v) is 9.91. The number of non-ortho nitro benzene ring substituents is 1. The van der Waals surface area contributed by atoms with Crippen molar-refractivity contribution < 1.29 is 24.1 Å². The number of hydrogen-bond acceptors (Lipinski definition) is 7. The van der Waals surface area contributed by atoms with Gasteiger partial charge in [0.1, 0.15) is 0 Å². The molecule has 0 aromatic heterocycles. The third-order valence-corrected chi connectivity index (χ3v) is 5.16. The van der Waals surface area contributed by atoms with Crippen LogP contribution in [0.4, 0.5) is 11.4 Å². The summed E-state index contributed by atoms with van der Waals surface area (Å²) in [5.41, 5.74) is 0.169. The minimum absolute atomic E-state index is 0.145. The lowest BCUT2D eigenvalue weighted by Crippen LogP contribution is -2.09. The predicted octanol–water partition coefficient (Wildman–Crippen LogP) is 6.21. The van der Waals surface area contributed by atoms with E-state index in [1.165, 1.54) is 49.6 Å². The second kappa shape index (κ2) is 10.1. The zero-order valence-electron chi connectivity index (χ0n) is 16.9. The molecule has 0 saturated heterocycles. The van der Waals surface area contributed by atoms with Crippen molar-refractivity contribution in [3.8, 4) is 11.5 Å². The summed E-state index contributed by atoms with van der Waals surface area (Å²) in [6.45, 7) is 0. The second-order valence-corrected chi connectivity index (χ2v) is 7.33. The van der Waals surface area contributed by atoms with Crippen molar-refractivity contribution in [1.29, 1.82) is 0 Å². The van der Waals surface area contributed by atoms with Crippen LogP contribution in [0, 0.1) is 20.2 Å². The lowest BCUT2D eigenvalue weighted by molar-refractivity contribution is -0.394. The highest BCUT2D eigenvalue weighted by molar-refractivity contribution is 6.42. The minimum atomic E-state index is -0.705. The predicted molar refractivity (Wildman–Crippen MR) is 123 cm³/mol. The lowest BCUT2D eigenvalue weighted by Gasteiger charge is -2.10. The Kier molecular flexibility index (Phi) is 7.27. The molecule has 11 heteroatoms. The quantitative estimate of drug-likeness (QED) is 0.127. The Morgan fingerprint density at radius 1 is 0.879 bits per heavy atom. The summed E-state index contributed by atoms with van der Waals surface area (Å²) in [7, 11) is 1.39. The molecular weight excluding hydrogens is 475 g/mol. The number of nitro benzene ring substituents is 2. The van der Waals surface area contributed by atoms with E-state index in [-0.39, 0.29) is 33.3 Å². The molecule has 0 aliphatic heterocycles. The van der Waals surface area contributed by atoms with Crippen LogP contribution < -0.4 is 9.47 Å². The van der Waals surface area contributed by atoms with Gasteiger partial charge in [0.05, 0.1) is 44.2 Å². The second-order valence-electron chi connectivity index (χ2n) is 6.52. The van der Waals surface area contributed by atoms with Crippen molar-refractivity contribution in [2.45, 2.75) is 0 Å². The Bertz CT molecular complexity index is 1290. The number of hydrogen-bond donors (Lipinski definition) is 0. The Morgan fingerprint density at radius 3 is 2.27 bits per heavy atom. The maximum atomic E-state index is 12.4. The SMILES string of the molecule is COc1cc(C=Cc2ccc([N+](=O)[O-])cc2[N+](=O)[O-])ccc1OC(=O)c1ccc(Cl)c(Cl)c1. The molecule has 0 aliphatic rings. The van der Waals surface area contributed by atoms with E-state index in [0.29, 0.717) is 10.6 Å². The van der Waals surface area contributed by atoms with E-state index in [2.05, 4.69) is 0 Å². The molecule has 168 valence electrons. The first-order valence-electron chi connectivity index (χ1n) is 9.16. The van der Waals surface area contributed by atoms with E-state index < -0.39 is 21.5 Å². The van der Waals surface area contributed by atoms with Crippen LogP contribution in [0.3, 0.4) is 0 Å². The number of halogens is 2. The van der Waals surface area contributed by atoms with Crippen LogP contribution in [0.5, 0.6) is 11.5 Å². The molecule has 0 radical (unpaired) electrons. The average Bonchev–Trinajstić information content (AvgIpc) is 2.79. The Balaban J connectivity index is 1.84. The van der Waals surface area contributed by atoms with Gasteiger partial charge in [-0.15, -0.1) is 0 Å². The molecule has 0 amide bonds. The number of rotatable bonds is 7. The van der Waals surface area contributed by atoms with Crippen molar-refractivity contribution in [2.24, 2.45) is 0 Å². The van der Waals surface area contributed by atoms with Gasteiger partial charge in [-0.3, -0.25) is 20.2 Å². The molecule has 33 heavy (non-hydrogen) atoms. The van der Waals surface area contributed by atoms with Crippen molar-refractivity contribution in [1.82, 2.24) is 0 Å². The Labute approximate surface area is 197 Å². The fraction of sp³-hybridized carbons (Fsp3) is 0.0455. The number of esters is 1. The molecule has 3 aromatic carbocycles. The largest absolute Gasteiger partial charge is 0.493 e. The van der Waals surface area contributed by atoms with E-state index in [4.69, 9.17) is 32.7 Å². The summed E-state index contributed by atoms with van der Waals surface area (Å²) >= 11 is 11.8. The topological polar surface area (TPSA) is 122 Å². The molecule has 0 atom stereocenters. The normalized spacial score (nSPS) is 10.8. The Morgan fingerprint density at radius 2 is 1.64 bits per heavy atom. The van der Waals surface area contributed by atoms with Gasteiger partial charge in [-0.2, -0.15) is 0 Å². The van der Waals surface area contributed by atoms with Crippen molar-refractivity contribution in [2.75, 3.05) is 7.11 Å². The van der Waals surface area contributed by atoms with E-state index >= 15 is 0 Å². The molecule has 3 rings (SSSR count). The standard InChI is InChI=1S/C22H14Cl2N2O7/c1-32-21-10-13(2-4-14-5-7-16(25(28)29)12-19(14)26(30)31)3-9-20(21)33-22(27)15-6-8-17(23)18(24)11-15/h2-12H,1H3. The first-order chi connectivity index (χ1) is 15.7. The van der Waals surface area contributed by atoms with Crippen molar-refractivity contribution >= 4 is 52.7 Å². The van der Waals surface area contributed by atoms with Gasteiger partial charge in [0.15, 0.2) is 11.5 Å². The minimum Gasteiger partial charge on any atom is -0.493 e. The number of nitro groups is 2. The van der Waals surface area contributed by atoms with E-state index in [9.17, 15) is 25.0 Å². The lowest BCUT2D eigenvalue weighted by atomic mass is 10.1. The van der Waals surface area contributed by atoms with Crippen molar-refractivity contribution in [3.05, 3.63) is 102 Å². The molecule has 0 aliphatic carbocycles. The zero-order valence-corrected chi connectivity index (χ0v) is 18.4. The third kappa shape index (κ3) is 5.65. The van der Waals surface area contributed by atoms with Crippen LogP contribution in [-0.2, 0) is 0 Å². The van der Waals surface area contributed by atoms with Gasteiger partial charge < -0.3 is 9.47 Å². The maximum absolute atomic E-state index is 12.4. The van der Waals surface area contributed by atoms with Gasteiger partial charge in [-0.1, -0.05) is 35.3 Å². The fourth-order valence-corrected chi connectivity index (χ4v) is 3.08. The van der Waals surface area contributed by atoms with Crippen LogP contribution >= 0.6 is 23.2 Å². The van der Waals surface area contributed by atoms with E-state index in [0.717, 1.165) is 6.07 Å². The van der Waals surface area contributed by atoms with Crippen LogP contribution in [-0.4, -0.2) is 22.9 Å².